The van der Waals surface area contributed by atoms with Gasteiger partial charge in [0.05, 0.1) is 16.7 Å². The van der Waals surface area contributed by atoms with E-state index in [0.29, 0.717) is 5.82 Å². The molecule has 58 heavy (non-hydrogen) atoms. The molecule has 0 aliphatic carbocycles. The summed E-state index contributed by atoms with van der Waals surface area (Å²) in [5.41, 5.74) is 12.0. The van der Waals surface area contributed by atoms with Crippen molar-refractivity contribution in [2.24, 2.45) is 0 Å². The summed E-state index contributed by atoms with van der Waals surface area (Å²) in [6.45, 7) is 0. The fourth-order valence-electron chi connectivity index (χ4n) is 9.11. The molecule has 5 heterocycles. The van der Waals surface area contributed by atoms with Crippen molar-refractivity contribution < 1.29 is 8.83 Å². The first kappa shape index (κ1) is 31.6. The number of furan rings is 2. The number of fused-ring (bicyclic) bond motifs is 12. The Morgan fingerprint density at radius 3 is 1.76 bits per heavy atom. The Bertz CT molecular complexity index is 3810. The maximum atomic E-state index is 6.42. The van der Waals surface area contributed by atoms with Gasteiger partial charge in [-0.1, -0.05) is 109 Å². The van der Waals surface area contributed by atoms with Crippen molar-refractivity contribution in [1.82, 2.24) is 14.5 Å². The van der Waals surface area contributed by atoms with Crippen LogP contribution in [0, 0.1) is 0 Å². The van der Waals surface area contributed by atoms with Crippen LogP contribution < -0.4 is 0 Å². The number of para-hydroxylation sites is 4. The maximum absolute atomic E-state index is 6.42. The Kier molecular flexibility index (Phi) is 6.54. The normalized spacial score (nSPS) is 12.1. The van der Waals surface area contributed by atoms with Crippen molar-refractivity contribution in [2.75, 3.05) is 0 Å². The summed E-state index contributed by atoms with van der Waals surface area (Å²) < 4.78 is 16.3. The lowest BCUT2D eigenvalue weighted by Crippen LogP contribution is -1.94. The average molecular weight is 760 g/mol. The highest BCUT2D eigenvalue weighted by atomic mass is 32.1. The van der Waals surface area contributed by atoms with Crippen LogP contribution >= 0.6 is 11.3 Å². The lowest BCUT2D eigenvalue weighted by Gasteiger charge is -2.10. The van der Waals surface area contributed by atoms with Gasteiger partial charge in [-0.3, -0.25) is 0 Å². The van der Waals surface area contributed by atoms with E-state index in [0.717, 1.165) is 97.8 Å². The first-order valence-electron chi connectivity index (χ1n) is 19.4. The molecule has 8 aromatic carbocycles. The van der Waals surface area contributed by atoms with E-state index >= 15 is 0 Å². The van der Waals surface area contributed by atoms with Gasteiger partial charge in [-0.2, -0.15) is 0 Å². The Morgan fingerprint density at radius 1 is 0.414 bits per heavy atom. The van der Waals surface area contributed by atoms with Crippen LogP contribution in [-0.4, -0.2) is 14.5 Å². The zero-order valence-electron chi connectivity index (χ0n) is 30.8. The lowest BCUT2D eigenvalue weighted by atomic mass is 9.97. The van der Waals surface area contributed by atoms with Gasteiger partial charge in [0.1, 0.15) is 27.2 Å². The lowest BCUT2D eigenvalue weighted by molar-refractivity contribution is 0.668. The van der Waals surface area contributed by atoms with Crippen molar-refractivity contribution in [3.8, 4) is 39.5 Å². The van der Waals surface area contributed by atoms with Gasteiger partial charge < -0.3 is 13.4 Å². The summed E-state index contributed by atoms with van der Waals surface area (Å²) in [5, 5.41) is 8.79. The second-order valence-electron chi connectivity index (χ2n) is 14.9. The van der Waals surface area contributed by atoms with Gasteiger partial charge in [-0.15, -0.1) is 11.3 Å². The molecule has 0 unspecified atom stereocenters. The van der Waals surface area contributed by atoms with E-state index in [1.165, 1.54) is 21.8 Å². The molecule has 13 aromatic rings. The molecule has 5 nitrogen and oxygen atoms in total. The fraction of sp³-hybridized carbons (Fsp3) is 0. The molecule has 0 saturated carbocycles. The Hall–Kier alpha value is -7.54. The third-order valence-corrected chi connectivity index (χ3v) is 12.7. The van der Waals surface area contributed by atoms with Crippen LogP contribution in [0.4, 0.5) is 0 Å². The second-order valence-corrected chi connectivity index (χ2v) is 15.9. The molecule has 13 rings (SSSR count). The highest BCUT2D eigenvalue weighted by Crippen LogP contribution is 2.46. The number of hydrogen-bond donors (Lipinski definition) is 0. The molecule has 0 spiro atoms. The van der Waals surface area contributed by atoms with Crippen LogP contribution in [0.1, 0.15) is 0 Å². The summed E-state index contributed by atoms with van der Waals surface area (Å²) in [7, 11) is 0. The summed E-state index contributed by atoms with van der Waals surface area (Å²) in [6.07, 6.45) is 0. The molecule has 0 atom stereocenters. The monoisotopic (exact) mass is 759 g/mol. The molecule has 0 amide bonds. The second kappa shape index (κ2) is 12.0. The van der Waals surface area contributed by atoms with E-state index in [2.05, 4.69) is 138 Å². The molecular formula is C52H29N3O2S. The van der Waals surface area contributed by atoms with Gasteiger partial charge in [0.15, 0.2) is 5.82 Å². The van der Waals surface area contributed by atoms with Gasteiger partial charge in [0.25, 0.3) is 0 Å². The molecule has 0 radical (unpaired) electrons. The Balaban J connectivity index is 1.08. The summed E-state index contributed by atoms with van der Waals surface area (Å²) in [4.78, 5) is 11.9. The molecule has 0 aliphatic heterocycles. The number of thiophene rings is 1. The van der Waals surface area contributed by atoms with E-state index in [4.69, 9.17) is 18.8 Å². The molecule has 270 valence electrons. The van der Waals surface area contributed by atoms with Gasteiger partial charge in [0.2, 0.25) is 0 Å². The molecule has 0 N–H and O–H groups in total. The van der Waals surface area contributed by atoms with E-state index in [9.17, 15) is 0 Å². The van der Waals surface area contributed by atoms with Gasteiger partial charge >= 0.3 is 0 Å². The molecular weight excluding hydrogens is 731 g/mol. The first-order valence-corrected chi connectivity index (χ1v) is 20.2. The highest BCUT2D eigenvalue weighted by molar-refractivity contribution is 7.25. The van der Waals surface area contributed by atoms with Gasteiger partial charge in [-0.05, 0) is 77.9 Å². The molecule has 0 saturated heterocycles. The van der Waals surface area contributed by atoms with E-state index < -0.39 is 0 Å². The van der Waals surface area contributed by atoms with Crippen molar-refractivity contribution in [1.29, 1.82) is 0 Å². The number of rotatable bonds is 4. The Morgan fingerprint density at radius 2 is 1.00 bits per heavy atom. The Labute approximate surface area is 334 Å². The summed E-state index contributed by atoms with van der Waals surface area (Å²) >= 11 is 1.71. The minimum Gasteiger partial charge on any atom is -0.456 e. The maximum Gasteiger partial charge on any atom is 0.162 e. The topological polar surface area (TPSA) is 57.0 Å². The quantitative estimate of drug-likeness (QED) is 0.179. The molecule has 0 bridgehead atoms. The van der Waals surface area contributed by atoms with Crippen molar-refractivity contribution >= 4 is 97.3 Å². The van der Waals surface area contributed by atoms with E-state index in [-0.39, 0.29) is 0 Å². The van der Waals surface area contributed by atoms with Crippen LogP contribution in [0.5, 0.6) is 0 Å². The number of hydrogen-bond acceptors (Lipinski definition) is 5. The van der Waals surface area contributed by atoms with Crippen LogP contribution in [0.2, 0.25) is 0 Å². The third kappa shape index (κ3) is 4.52. The predicted molar refractivity (Wildman–Crippen MR) is 240 cm³/mol. The zero-order chi connectivity index (χ0) is 37.9. The summed E-state index contributed by atoms with van der Waals surface area (Å²) in [5.74, 6) is 0.663. The minimum atomic E-state index is 0.663. The minimum absolute atomic E-state index is 0.663. The first-order chi connectivity index (χ1) is 28.7. The predicted octanol–water partition coefficient (Wildman–Crippen LogP) is 14.7. The number of benzene rings is 8. The van der Waals surface area contributed by atoms with Crippen molar-refractivity contribution in [3.63, 3.8) is 0 Å². The molecule has 0 fully saturated rings. The standard InChI is InChI=1S/C52H29N3O2S/c1-2-12-32(13-3-1)55-40-19-7-4-14-33(40)38-28-30(24-26-41(38)55)31-25-27-46-39(29-31)49-50(36-17-10-22-44-47(36)34-15-5-8-20-42(34)56-44)53-51(54-52(49)58-46)37-18-11-23-45-48(37)35-16-6-9-21-43(35)57-45/h1-29H. The van der Waals surface area contributed by atoms with Crippen LogP contribution in [0.3, 0.4) is 0 Å². The van der Waals surface area contributed by atoms with E-state index in [1.807, 2.05) is 42.5 Å². The van der Waals surface area contributed by atoms with E-state index in [1.54, 1.807) is 11.3 Å². The van der Waals surface area contributed by atoms with Crippen molar-refractivity contribution in [2.45, 2.75) is 0 Å². The summed E-state index contributed by atoms with van der Waals surface area (Å²) in [6, 6.07) is 61.9. The number of aromatic nitrogens is 3. The molecule has 5 aromatic heterocycles. The largest absolute Gasteiger partial charge is 0.456 e. The average Bonchev–Trinajstić information content (AvgIpc) is 4.04. The highest BCUT2D eigenvalue weighted by Gasteiger charge is 2.23. The fourth-order valence-corrected chi connectivity index (χ4v) is 10.2. The molecule has 6 heteroatoms. The SMILES string of the molecule is c1ccc(-n2c3ccccc3c3cc(-c4ccc5sc6nc(-c7cccc8oc9ccccc9c78)nc(-c7cccc8oc9ccccc9c78)c6c5c4)ccc32)cc1. The smallest absolute Gasteiger partial charge is 0.162 e. The van der Waals surface area contributed by atoms with Crippen molar-refractivity contribution in [3.05, 3.63) is 176 Å². The van der Waals surface area contributed by atoms with Crippen LogP contribution in [0.15, 0.2) is 185 Å². The number of nitrogens with zero attached hydrogens (tertiary/aromatic N) is 3. The van der Waals surface area contributed by atoms with Crippen LogP contribution in [0.25, 0.3) is 125 Å². The zero-order valence-corrected chi connectivity index (χ0v) is 31.6. The molecule has 0 aliphatic rings. The van der Waals surface area contributed by atoms with Gasteiger partial charge in [-0.25, -0.2) is 9.97 Å². The third-order valence-electron chi connectivity index (χ3n) is 11.7. The van der Waals surface area contributed by atoms with Gasteiger partial charge in [0, 0.05) is 64.6 Å². The van der Waals surface area contributed by atoms with Crippen LogP contribution in [-0.2, 0) is 0 Å².